The van der Waals surface area contributed by atoms with Gasteiger partial charge >= 0.3 is 12.4 Å². The molecular formula is C16H18F6N4S. The van der Waals surface area contributed by atoms with Crippen LogP contribution in [-0.4, -0.2) is 22.5 Å². The second kappa shape index (κ2) is 8.95. The van der Waals surface area contributed by atoms with E-state index < -0.39 is 41.9 Å². The van der Waals surface area contributed by atoms with Gasteiger partial charge in [-0.3, -0.25) is 5.84 Å². The molecule has 0 unspecified atom stereocenters. The Bertz CT molecular complexity index is 723. The number of alkyl halides is 6. The molecule has 11 heteroatoms. The van der Waals surface area contributed by atoms with Crippen LogP contribution < -0.4 is 11.3 Å². The zero-order valence-corrected chi connectivity index (χ0v) is 15.3. The van der Waals surface area contributed by atoms with Crippen molar-refractivity contribution in [1.82, 2.24) is 5.43 Å². The summed E-state index contributed by atoms with van der Waals surface area (Å²) in [6, 6.07) is 4.32. The van der Waals surface area contributed by atoms with Gasteiger partial charge in [-0.25, -0.2) is 10.4 Å². The van der Waals surface area contributed by atoms with E-state index in [-0.39, 0.29) is 10.7 Å². The first-order valence-electron chi connectivity index (χ1n) is 7.74. The van der Waals surface area contributed by atoms with Gasteiger partial charge in [-0.15, -0.1) is 11.8 Å². The molecule has 0 aliphatic heterocycles. The number of benzene rings is 1. The van der Waals surface area contributed by atoms with Crippen molar-refractivity contribution >= 4 is 22.5 Å². The Balaban J connectivity index is 3.37. The third kappa shape index (κ3) is 6.71. The summed E-state index contributed by atoms with van der Waals surface area (Å²) < 4.78 is 77.1. The number of thioether (sulfide) groups is 1. The molecule has 0 amide bonds. The van der Waals surface area contributed by atoms with Crippen LogP contribution in [0.2, 0.25) is 0 Å². The van der Waals surface area contributed by atoms with Crippen LogP contribution in [0.3, 0.4) is 0 Å². The summed E-state index contributed by atoms with van der Waals surface area (Å²) in [5.41, 5.74) is -0.952. The van der Waals surface area contributed by atoms with Crippen LogP contribution in [0.5, 0.6) is 0 Å². The highest BCUT2D eigenvalue weighted by Gasteiger charge is 2.37. The number of hydrogen-bond acceptors (Lipinski definition) is 5. The third-order valence-electron chi connectivity index (χ3n) is 3.64. The van der Waals surface area contributed by atoms with E-state index in [1.165, 1.54) is 19.1 Å². The van der Waals surface area contributed by atoms with Crippen LogP contribution in [0.1, 0.15) is 37.8 Å². The fourth-order valence-electron chi connectivity index (χ4n) is 2.14. The van der Waals surface area contributed by atoms with E-state index in [2.05, 4.69) is 10.4 Å². The Morgan fingerprint density at radius 2 is 1.85 bits per heavy atom. The van der Waals surface area contributed by atoms with E-state index in [0.29, 0.717) is 11.8 Å². The predicted octanol–water partition coefficient (Wildman–Crippen LogP) is 4.92. The lowest BCUT2D eigenvalue weighted by Gasteiger charge is -2.30. The van der Waals surface area contributed by atoms with Gasteiger partial charge in [-0.05, 0) is 37.3 Å². The minimum absolute atomic E-state index is 0.120. The Kier molecular flexibility index (Phi) is 7.71. The summed E-state index contributed by atoms with van der Waals surface area (Å²) in [4.78, 5) is 4.10. The Labute approximate surface area is 156 Å². The topological polar surface area (TPSA) is 74.2 Å². The molecule has 150 valence electrons. The number of halogens is 6. The van der Waals surface area contributed by atoms with Crippen LogP contribution >= 0.6 is 11.8 Å². The fraction of sp³-hybridized carbons (Fsp3) is 0.500. The maximum atomic E-state index is 13.1. The van der Waals surface area contributed by atoms with Gasteiger partial charge in [0.2, 0.25) is 0 Å². The smallest absolute Gasteiger partial charge is 0.271 e. The van der Waals surface area contributed by atoms with Crippen molar-refractivity contribution in [1.29, 1.82) is 5.26 Å². The van der Waals surface area contributed by atoms with Crippen molar-refractivity contribution in [2.45, 2.75) is 44.6 Å². The van der Waals surface area contributed by atoms with Crippen molar-refractivity contribution in [3.63, 3.8) is 0 Å². The molecule has 0 radical (unpaired) electrons. The lowest BCUT2D eigenvalue weighted by molar-refractivity contribution is -0.138. The van der Waals surface area contributed by atoms with E-state index in [4.69, 9.17) is 11.1 Å². The first kappa shape index (κ1) is 23.3. The van der Waals surface area contributed by atoms with Gasteiger partial charge in [-0.1, -0.05) is 6.92 Å². The molecule has 27 heavy (non-hydrogen) atoms. The lowest BCUT2D eigenvalue weighted by Crippen LogP contribution is -2.52. The first-order chi connectivity index (χ1) is 12.4. The molecule has 0 spiro atoms. The molecule has 0 bridgehead atoms. The molecule has 1 aromatic rings. The summed E-state index contributed by atoms with van der Waals surface area (Å²) in [6.07, 6.45) is -10.8. The highest BCUT2D eigenvalue weighted by molar-refractivity contribution is 8.14. The van der Waals surface area contributed by atoms with E-state index in [1.54, 1.807) is 6.92 Å². The number of nitriles is 1. The molecule has 0 heterocycles. The largest absolute Gasteiger partial charge is 0.417 e. The maximum Gasteiger partial charge on any atom is 0.417 e. The van der Waals surface area contributed by atoms with Crippen LogP contribution in [-0.2, 0) is 6.18 Å². The normalized spacial score (nSPS) is 15.3. The number of nitrogens with zero attached hydrogens (tertiary/aromatic N) is 2. The second-order valence-corrected chi connectivity index (χ2v) is 7.03. The molecule has 0 fully saturated rings. The molecule has 4 nitrogen and oxygen atoms in total. The number of hydrazine groups is 1. The van der Waals surface area contributed by atoms with E-state index in [0.717, 1.165) is 17.8 Å². The van der Waals surface area contributed by atoms with Gasteiger partial charge in [0.25, 0.3) is 0 Å². The summed E-state index contributed by atoms with van der Waals surface area (Å²) >= 11 is 1.07. The molecule has 1 rings (SSSR count). The number of hydrogen-bond donors (Lipinski definition) is 2. The summed E-state index contributed by atoms with van der Waals surface area (Å²) in [6.45, 7) is 3.12. The average Bonchev–Trinajstić information content (AvgIpc) is 2.58. The molecule has 3 N–H and O–H groups in total. The fourth-order valence-corrected chi connectivity index (χ4v) is 3.06. The SMILES string of the molecule is CCSC(=Nc1ccc(C#N)c(C(F)(F)F)c1)[C@@](C)(CCC(F)(F)F)NN. The van der Waals surface area contributed by atoms with Gasteiger partial charge in [0.15, 0.2) is 0 Å². The van der Waals surface area contributed by atoms with Gasteiger partial charge in [0, 0.05) is 6.42 Å². The summed E-state index contributed by atoms with van der Waals surface area (Å²) in [5.74, 6) is 5.85. The zero-order valence-electron chi connectivity index (χ0n) is 14.5. The third-order valence-corrected chi connectivity index (χ3v) is 4.74. The van der Waals surface area contributed by atoms with Gasteiger partial charge in [0.1, 0.15) is 0 Å². The van der Waals surface area contributed by atoms with Crippen LogP contribution in [0.15, 0.2) is 23.2 Å². The Morgan fingerprint density at radius 1 is 1.22 bits per heavy atom. The summed E-state index contributed by atoms with van der Waals surface area (Å²) in [7, 11) is 0. The highest BCUT2D eigenvalue weighted by atomic mass is 32.2. The van der Waals surface area contributed by atoms with Gasteiger partial charge in [-0.2, -0.15) is 31.6 Å². The monoisotopic (exact) mass is 412 g/mol. The van der Waals surface area contributed by atoms with Crippen molar-refractivity contribution < 1.29 is 26.3 Å². The molecule has 0 aromatic heterocycles. The molecule has 0 aliphatic rings. The molecule has 0 saturated carbocycles. The standard InChI is InChI=1S/C16H18F6N4S/c1-3-27-13(14(2,26-24)6-7-15(17,18)19)25-11-5-4-10(9-23)12(8-11)16(20,21)22/h4-5,8,26H,3,6-7,24H2,1-2H3/t14-/m1/s1. The van der Waals surface area contributed by atoms with E-state index in [9.17, 15) is 26.3 Å². The average molecular weight is 412 g/mol. The van der Waals surface area contributed by atoms with Crippen molar-refractivity contribution in [3.05, 3.63) is 29.3 Å². The van der Waals surface area contributed by atoms with Crippen molar-refractivity contribution in [3.8, 4) is 6.07 Å². The van der Waals surface area contributed by atoms with Crippen molar-refractivity contribution in [2.75, 3.05) is 5.75 Å². The van der Waals surface area contributed by atoms with Gasteiger partial charge < -0.3 is 0 Å². The number of nitrogens with two attached hydrogens (primary N) is 1. The minimum Gasteiger partial charge on any atom is -0.271 e. The first-order valence-corrected chi connectivity index (χ1v) is 8.72. The van der Waals surface area contributed by atoms with Crippen LogP contribution in [0.25, 0.3) is 0 Å². The summed E-state index contributed by atoms with van der Waals surface area (Å²) in [5, 5.41) is 8.95. The van der Waals surface area contributed by atoms with Crippen molar-refractivity contribution in [2.24, 2.45) is 10.8 Å². The van der Waals surface area contributed by atoms with Crippen LogP contribution in [0, 0.1) is 11.3 Å². The predicted molar refractivity (Wildman–Crippen MR) is 92.4 cm³/mol. The second-order valence-electron chi connectivity index (χ2n) is 5.78. The number of aliphatic imine (C=N–C) groups is 1. The van der Waals surface area contributed by atoms with Gasteiger partial charge in [0.05, 0.1) is 33.5 Å². The van der Waals surface area contributed by atoms with E-state index >= 15 is 0 Å². The maximum absolute atomic E-state index is 13.1. The molecule has 1 atom stereocenters. The number of rotatable bonds is 6. The molecule has 0 aliphatic carbocycles. The Morgan fingerprint density at radius 3 is 2.30 bits per heavy atom. The minimum atomic E-state index is -4.76. The zero-order chi connectivity index (χ0) is 20.9. The quantitative estimate of drug-likeness (QED) is 0.229. The molecule has 0 saturated heterocycles. The number of nitrogens with one attached hydrogen (secondary N) is 1. The van der Waals surface area contributed by atoms with E-state index in [1.807, 2.05) is 0 Å². The molecular weight excluding hydrogens is 394 g/mol. The van der Waals surface area contributed by atoms with Crippen LogP contribution in [0.4, 0.5) is 32.0 Å². The Hall–Kier alpha value is -1.77. The lowest BCUT2D eigenvalue weighted by atomic mass is 9.97. The highest BCUT2D eigenvalue weighted by Crippen LogP contribution is 2.36. The molecule has 1 aromatic carbocycles.